The van der Waals surface area contributed by atoms with Crippen LogP contribution in [-0.4, -0.2) is 68.0 Å². The molecular formula is C19H21N5O2. The first kappa shape index (κ1) is 16.7. The quantitative estimate of drug-likeness (QED) is 0.770. The number of carbonyl (C=O) groups is 1. The maximum atomic E-state index is 11.5. The molecule has 1 aliphatic heterocycles. The van der Waals surface area contributed by atoms with Crippen LogP contribution in [0.5, 0.6) is 0 Å². The molecule has 0 amide bonds. The Bertz CT molecular complexity index is 924. The fourth-order valence-electron chi connectivity index (χ4n) is 3.47. The van der Waals surface area contributed by atoms with E-state index >= 15 is 0 Å². The van der Waals surface area contributed by atoms with E-state index in [-0.39, 0.29) is 0 Å². The van der Waals surface area contributed by atoms with E-state index in [4.69, 9.17) is 4.98 Å². The summed E-state index contributed by atoms with van der Waals surface area (Å²) in [6.07, 6.45) is 3.69. The van der Waals surface area contributed by atoms with Crippen molar-refractivity contribution in [2.75, 3.05) is 26.7 Å². The zero-order valence-corrected chi connectivity index (χ0v) is 14.6. The Labute approximate surface area is 151 Å². The molecule has 134 valence electrons. The predicted octanol–water partition coefficient (Wildman–Crippen LogP) is 1.60. The van der Waals surface area contributed by atoms with Crippen molar-refractivity contribution in [3.63, 3.8) is 0 Å². The fourth-order valence-corrected chi connectivity index (χ4v) is 3.47. The van der Waals surface area contributed by atoms with Gasteiger partial charge in [0.15, 0.2) is 0 Å². The third-order valence-electron chi connectivity index (χ3n) is 4.94. The van der Waals surface area contributed by atoms with Gasteiger partial charge in [-0.05, 0) is 13.1 Å². The second kappa shape index (κ2) is 6.86. The SMILES string of the molecule is CN1CCN(Cc2c(-c3ccccc3)nc3ncccn23)C[C@@H]1C(=O)O. The van der Waals surface area contributed by atoms with Gasteiger partial charge in [-0.25, -0.2) is 9.97 Å². The molecule has 4 rings (SSSR count). The Kier molecular flexibility index (Phi) is 4.40. The molecule has 1 atom stereocenters. The molecule has 3 heterocycles. The number of likely N-dealkylation sites (N-methyl/N-ethyl adjacent to an activating group) is 1. The van der Waals surface area contributed by atoms with E-state index in [0.717, 1.165) is 30.0 Å². The lowest BCUT2D eigenvalue weighted by atomic mass is 10.1. The average Bonchev–Trinajstić information content (AvgIpc) is 3.02. The topological polar surface area (TPSA) is 74.0 Å². The number of carboxylic acids is 1. The average molecular weight is 351 g/mol. The number of nitrogens with zero attached hydrogens (tertiary/aromatic N) is 5. The zero-order valence-electron chi connectivity index (χ0n) is 14.6. The standard InChI is InChI=1S/C19H21N5O2/c1-22-10-11-23(13-16(22)18(25)26)12-15-17(14-6-3-2-4-7-14)21-19-20-8-5-9-24(15)19/h2-9,16H,10-13H2,1H3,(H,25,26)/t16-/m1/s1. The van der Waals surface area contributed by atoms with E-state index in [1.165, 1.54) is 0 Å². The molecule has 0 saturated carbocycles. The van der Waals surface area contributed by atoms with Crippen LogP contribution in [0.4, 0.5) is 0 Å². The summed E-state index contributed by atoms with van der Waals surface area (Å²) in [4.78, 5) is 24.7. The number of rotatable bonds is 4. The number of benzene rings is 1. The Morgan fingerprint density at radius 3 is 2.81 bits per heavy atom. The number of piperazine rings is 1. The van der Waals surface area contributed by atoms with Crippen molar-refractivity contribution in [2.24, 2.45) is 0 Å². The molecule has 3 aromatic rings. The van der Waals surface area contributed by atoms with Crippen molar-refractivity contribution < 1.29 is 9.90 Å². The van der Waals surface area contributed by atoms with Gasteiger partial charge >= 0.3 is 5.97 Å². The minimum atomic E-state index is -0.778. The molecular weight excluding hydrogens is 330 g/mol. The van der Waals surface area contributed by atoms with Gasteiger partial charge in [0, 0.05) is 44.1 Å². The lowest BCUT2D eigenvalue weighted by Crippen LogP contribution is -2.54. The molecule has 1 aliphatic rings. The van der Waals surface area contributed by atoms with E-state index in [9.17, 15) is 9.90 Å². The number of imidazole rings is 1. The van der Waals surface area contributed by atoms with Crippen LogP contribution in [0.25, 0.3) is 17.0 Å². The molecule has 0 unspecified atom stereocenters. The maximum Gasteiger partial charge on any atom is 0.322 e. The van der Waals surface area contributed by atoms with Crippen LogP contribution in [0.1, 0.15) is 5.69 Å². The van der Waals surface area contributed by atoms with E-state index in [0.29, 0.717) is 18.9 Å². The molecule has 1 N–H and O–H groups in total. The van der Waals surface area contributed by atoms with Crippen molar-refractivity contribution in [2.45, 2.75) is 12.6 Å². The van der Waals surface area contributed by atoms with Crippen LogP contribution in [0, 0.1) is 0 Å². The van der Waals surface area contributed by atoms with Crippen LogP contribution in [0.3, 0.4) is 0 Å². The van der Waals surface area contributed by atoms with Gasteiger partial charge in [-0.1, -0.05) is 30.3 Å². The highest BCUT2D eigenvalue weighted by atomic mass is 16.4. The number of hydrogen-bond acceptors (Lipinski definition) is 5. The number of hydrogen-bond donors (Lipinski definition) is 1. The summed E-state index contributed by atoms with van der Waals surface area (Å²) in [6.45, 7) is 2.68. The van der Waals surface area contributed by atoms with Gasteiger partial charge in [0.1, 0.15) is 6.04 Å². The third kappa shape index (κ3) is 3.07. The van der Waals surface area contributed by atoms with Crippen LogP contribution >= 0.6 is 0 Å². The molecule has 26 heavy (non-hydrogen) atoms. The van der Waals surface area contributed by atoms with E-state index in [1.54, 1.807) is 6.20 Å². The van der Waals surface area contributed by atoms with Crippen LogP contribution in [0.15, 0.2) is 48.8 Å². The second-order valence-corrected chi connectivity index (χ2v) is 6.63. The summed E-state index contributed by atoms with van der Waals surface area (Å²) in [5.74, 6) is -0.120. The predicted molar refractivity (Wildman–Crippen MR) is 97.8 cm³/mol. The number of carboxylic acid groups (broad SMARTS) is 1. The van der Waals surface area contributed by atoms with Crippen molar-refractivity contribution in [3.8, 4) is 11.3 Å². The fraction of sp³-hybridized carbons (Fsp3) is 0.316. The van der Waals surface area contributed by atoms with Gasteiger partial charge in [0.25, 0.3) is 0 Å². The van der Waals surface area contributed by atoms with Crippen molar-refractivity contribution in [3.05, 3.63) is 54.5 Å². The lowest BCUT2D eigenvalue weighted by molar-refractivity contribution is -0.145. The molecule has 1 fully saturated rings. The molecule has 2 aromatic heterocycles. The Hall–Kier alpha value is -2.77. The van der Waals surface area contributed by atoms with Crippen LogP contribution < -0.4 is 0 Å². The van der Waals surface area contributed by atoms with Crippen molar-refractivity contribution in [1.29, 1.82) is 0 Å². The first-order chi connectivity index (χ1) is 12.6. The number of fused-ring (bicyclic) bond motifs is 1. The minimum Gasteiger partial charge on any atom is -0.480 e. The summed E-state index contributed by atoms with van der Waals surface area (Å²) in [7, 11) is 1.86. The normalized spacial score (nSPS) is 19.0. The smallest absolute Gasteiger partial charge is 0.322 e. The summed E-state index contributed by atoms with van der Waals surface area (Å²) >= 11 is 0. The molecule has 0 bridgehead atoms. The summed E-state index contributed by atoms with van der Waals surface area (Å²) < 4.78 is 2.00. The summed E-state index contributed by atoms with van der Waals surface area (Å²) in [5, 5.41) is 9.46. The van der Waals surface area contributed by atoms with E-state index in [1.807, 2.05) is 58.9 Å². The highest BCUT2D eigenvalue weighted by molar-refractivity contribution is 5.74. The number of aliphatic carboxylic acids is 1. The summed E-state index contributed by atoms with van der Waals surface area (Å²) in [5.41, 5.74) is 2.97. The molecule has 1 aromatic carbocycles. The van der Waals surface area contributed by atoms with Gasteiger partial charge in [-0.15, -0.1) is 0 Å². The molecule has 7 heteroatoms. The first-order valence-corrected chi connectivity index (χ1v) is 8.66. The second-order valence-electron chi connectivity index (χ2n) is 6.63. The van der Waals surface area contributed by atoms with Gasteiger partial charge in [0.2, 0.25) is 5.78 Å². The molecule has 7 nitrogen and oxygen atoms in total. The summed E-state index contributed by atoms with van der Waals surface area (Å²) in [6, 6.07) is 11.4. The molecule has 0 spiro atoms. The van der Waals surface area contributed by atoms with Crippen LogP contribution in [0.2, 0.25) is 0 Å². The Morgan fingerprint density at radius 2 is 2.04 bits per heavy atom. The molecule has 0 radical (unpaired) electrons. The Morgan fingerprint density at radius 1 is 1.23 bits per heavy atom. The largest absolute Gasteiger partial charge is 0.480 e. The third-order valence-corrected chi connectivity index (χ3v) is 4.94. The zero-order chi connectivity index (χ0) is 18.1. The van der Waals surface area contributed by atoms with E-state index in [2.05, 4.69) is 9.88 Å². The van der Waals surface area contributed by atoms with Crippen molar-refractivity contribution in [1.82, 2.24) is 24.2 Å². The first-order valence-electron chi connectivity index (χ1n) is 8.66. The number of aromatic nitrogens is 3. The van der Waals surface area contributed by atoms with Crippen LogP contribution in [-0.2, 0) is 11.3 Å². The van der Waals surface area contributed by atoms with E-state index < -0.39 is 12.0 Å². The lowest BCUT2D eigenvalue weighted by Gasteiger charge is -2.37. The van der Waals surface area contributed by atoms with Gasteiger partial charge < -0.3 is 5.11 Å². The highest BCUT2D eigenvalue weighted by Gasteiger charge is 2.30. The molecule has 1 saturated heterocycles. The van der Waals surface area contributed by atoms with Gasteiger partial charge in [0.05, 0.1) is 11.4 Å². The van der Waals surface area contributed by atoms with Gasteiger partial charge in [-0.3, -0.25) is 19.0 Å². The van der Waals surface area contributed by atoms with Crippen molar-refractivity contribution >= 4 is 11.7 Å². The Balaban J connectivity index is 1.71. The minimum absolute atomic E-state index is 0.485. The monoisotopic (exact) mass is 351 g/mol. The molecule has 0 aliphatic carbocycles. The highest BCUT2D eigenvalue weighted by Crippen LogP contribution is 2.25. The van der Waals surface area contributed by atoms with Gasteiger partial charge in [-0.2, -0.15) is 0 Å². The maximum absolute atomic E-state index is 11.5.